The van der Waals surface area contributed by atoms with Crippen LogP contribution in [0.3, 0.4) is 0 Å². The summed E-state index contributed by atoms with van der Waals surface area (Å²) in [4.78, 5) is 0. The minimum Gasteiger partial charge on any atom is -0.380 e. The Hall–Kier alpha value is -0.120. The molecule has 2 unspecified atom stereocenters. The van der Waals surface area contributed by atoms with Gasteiger partial charge in [-0.25, -0.2) is 0 Å². The second-order valence-electron chi connectivity index (χ2n) is 3.99. The van der Waals surface area contributed by atoms with Crippen molar-refractivity contribution >= 4 is 0 Å². The fourth-order valence-electron chi connectivity index (χ4n) is 2.85. The fraction of sp³-hybridized carbons (Fsp3) is 1.00. The van der Waals surface area contributed by atoms with Crippen LogP contribution >= 0.6 is 0 Å². The summed E-state index contributed by atoms with van der Waals surface area (Å²) in [5, 5.41) is 0. The van der Waals surface area contributed by atoms with E-state index in [2.05, 4.69) is 0 Å². The molecule has 13 heavy (non-hydrogen) atoms. The van der Waals surface area contributed by atoms with Crippen molar-refractivity contribution in [1.82, 2.24) is 0 Å². The predicted molar refractivity (Wildman–Crippen MR) is 48.4 cm³/mol. The minimum absolute atomic E-state index is 0.351. The van der Waals surface area contributed by atoms with Crippen LogP contribution in [0.4, 0.5) is 0 Å². The van der Waals surface area contributed by atoms with E-state index in [0.29, 0.717) is 11.8 Å². The first-order valence-corrected chi connectivity index (χ1v) is 5.01. The van der Waals surface area contributed by atoms with E-state index in [4.69, 9.17) is 14.2 Å². The summed E-state index contributed by atoms with van der Waals surface area (Å²) in [7, 11) is 3.50. The van der Waals surface area contributed by atoms with E-state index in [1.54, 1.807) is 14.2 Å². The van der Waals surface area contributed by atoms with Gasteiger partial charge in [0.15, 0.2) is 5.79 Å². The summed E-state index contributed by atoms with van der Waals surface area (Å²) >= 11 is 0. The molecule has 0 N–H and O–H groups in total. The van der Waals surface area contributed by atoms with Crippen molar-refractivity contribution in [3.63, 3.8) is 0 Å². The Morgan fingerprint density at radius 2 is 1.62 bits per heavy atom. The monoisotopic (exact) mass is 186 g/mol. The van der Waals surface area contributed by atoms with Gasteiger partial charge in [-0.15, -0.1) is 0 Å². The molecular weight excluding hydrogens is 168 g/mol. The van der Waals surface area contributed by atoms with Crippen LogP contribution in [0.25, 0.3) is 0 Å². The average molecular weight is 186 g/mol. The van der Waals surface area contributed by atoms with E-state index in [1.165, 1.54) is 6.42 Å². The topological polar surface area (TPSA) is 27.7 Å². The lowest BCUT2D eigenvalue weighted by molar-refractivity contribution is -0.318. The SMILES string of the molecule is COC1(OC)C2CCCC1COC2. The van der Waals surface area contributed by atoms with Crippen molar-refractivity contribution in [2.24, 2.45) is 11.8 Å². The molecule has 1 heterocycles. The molecule has 0 amide bonds. The number of ether oxygens (including phenoxy) is 3. The highest BCUT2D eigenvalue weighted by Crippen LogP contribution is 2.44. The zero-order valence-electron chi connectivity index (χ0n) is 8.41. The molecule has 2 rings (SSSR count). The predicted octanol–water partition coefficient (Wildman–Crippen LogP) is 1.42. The third-order valence-electron chi connectivity index (χ3n) is 3.52. The number of rotatable bonds is 2. The summed E-state index contributed by atoms with van der Waals surface area (Å²) in [6.07, 6.45) is 3.61. The molecule has 2 bridgehead atoms. The average Bonchev–Trinajstić information content (AvgIpc) is 2.16. The third-order valence-corrected chi connectivity index (χ3v) is 3.52. The van der Waals surface area contributed by atoms with E-state index in [1.807, 2.05) is 0 Å². The molecule has 1 aliphatic heterocycles. The zero-order chi connectivity index (χ0) is 9.31. The Labute approximate surface area is 79.4 Å². The van der Waals surface area contributed by atoms with Crippen LogP contribution in [-0.2, 0) is 14.2 Å². The summed E-state index contributed by atoms with van der Waals surface area (Å²) in [5.41, 5.74) is 0. The highest BCUT2D eigenvalue weighted by Gasteiger charge is 2.51. The normalized spacial score (nSPS) is 37.4. The molecule has 0 aromatic heterocycles. The summed E-state index contributed by atoms with van der Waals surface area (Å²) in [5.74, 6) is 0.501. The van der Waals surface area contributed by atoms with Crippen molar-refractivity contribution in [3.05, 3.63) is 0 Å². The van der Waals surface area contributed by atoms with Gasteiger partial charge in [0.05, 0.1) is 13.2 Å². The molecule has 0 radical (unpaired) electrons. The van der Waals surface area contributed by atoms with Gasteiger partial charge in [0.2, 0.25) is 0 Å². The Balaban J connectivity index is 2.22. The second kappa shape index (κ2) is 3.56. The molecule has 3 nitrogen and oxygen atoms in total. The van der Waals surface area contributed by atoms with Crippen LogP contribution in [0.2, 0.25) is 0 Å². The standard InChI is InChI=1S/C10H18O3/c1-11-10(12-2)8-4-3-5-9(10)7-13-6-8/h8-9H,3-7H2,1-2H3. The second-order valence-corrected chi connectivity index (χ2v) is 3.99. The maximum absolute atomic E-state index is 5.59. The van der Waals surface area contributed by atoms with Gasteiger partial charge < -0.3 is 14.2 Å². The van der Waals surface area contributed by atoms with Gasteiger partial charge in [0.1, 0.15) is 0 Å². The minimum atomic E-state index is -0.351. The first-order valence-electron chi connectivity index (χ1n) is 5.01. The Bertz CT molecular complexity index is 153. The first-order chi connectivity index (χ1) is 6.33. The Kier molecular flexibility index (Phi) is 2.58. The van der Waals surface area contributed by atoms with Crippen molar-refractivity contribution < 1.29 is 14.2 Å². The smallest absolute Gasteiger partial charge is 0.177 e. The number of hydrogen-bond acceptors (Lipinski definition) is 3. The molecule has 1 aliphatic carbocycles. The lowest BCUT2D eigenvalue weighted by Crippen LogP contribution is -2.57. The van der Waals surface area contributed by atoms with Gasteiger partial charge in [-0.05, 0) is 12.8 Å². The molecule has 76 valence electrons. The van der Waals surface area contributed by atoms with Crippen LogP contribution in [0, 0.1) is 11.8 Å². The summed E-state index contributed by atoms with van der Waals surface area (Å²) in [6.45, 7) is 1.58. The van der Waals surface area contributed by atoms with E-state index >= 15 is 0 Å². The molecular formula is C10H18O3. The highest BCUT2D eigenvalue weighted by molar-refractivity contribution is 4.93. The fourth-order valence-corrected chi connectivity index (χ4v) is 2.85. The quantitative estimate of drug-likeness (QED) is 0.610. The summed E-state index contributed by atoms with van der Waals surface area (Å²) in [6, 6.07) is 0. The first kappa shape index (κ1) is 9.44. The molecule has 1 saturated carbocycles. The van der Waals surface area contributed by atoms with Crippen LogP contribution in [-0.4, -0.2) is 33.2 Å². The van der Waals surface area contributed by atoms with E-state index in [-0.39, 0.29) is 5.79 Å². The Morgan fingerprint density at radius 3 is 2.00 bits per heavy atom. The van der Waals surface area contributed by atoms with Gasteiger partial charge in [0.25, 0.3) is 0 Å². The maximum atomic E-state index is 5.59. The zero-order valence-corrected chi connectivity index (χ0v) is 8.41. The number of methoxy groups -OCH3 is 2. The van der Waals surface area contributed by atoms with Crippen molar-refractivity contribution in [1.29, 1.82) is 0 Å². The molecule has 0 aromatic carbocycles. The van der Waals surface area contributed by atoms with Crippen molar-refractivity contribution in [3.8, 4) is 0 Å². The lowest BCUT2D eigenvalue weighted by atomic mass is 9.74. The van der Waals surface area contributed by atoms with Crippen LogP contribution in [0.15, 0.2) is 0 Å². The van der Waals surface area contributed by atoms with E-state index in [0.717, 1.165) is 26.1 Å². The molecule has 3 heteroatoms. The van der Waals surface area contributed by atoms with Crippen LogP contribution < -0.4 is 0 Å². The summed E-state index contributed by atoms with van der Waals surface area (Å²) < 4.78 is 16.7. The molecule has 2 aliphatic rings. The van der Waals surface area contributed by atoms with Gasteiger partial charge in [-0.3, -0.25) is 0 Å². The molecule has 0 spiro atoms. The number of fused-ring (bicyclic) bond motifs is 2. The van der Waals surface area contributed by atoms with Crippen molar-refractivity contribution in [2.45, 2.75) is 25.0 Å². The third kappa shape index (κ3) is 1.30. The number of hydrogen-bond donors (Lipinski definition) is 0. The van der Waals surface area contributed by atoms with E-state index < -0.39 is 0 Å². The van der Waals surface area contributed by atoms with Crippen LogP contribution in [0.1, 0.15) is 19.3 Å². The Morgan fingerprint density at radius 1 is 1.08 bits per heavy atom. The molecule has 0 aromatic rings. The van der Waals surface area contributed by atoms with Crippen LogP contribution in [0.5, 0.6) is 0 Å². The molecule has 2 atom stereocenters. The largest absolute Gasteiger partial charge is 0.380 e. The van der Waals surface area contributed by atoms with E-state index in [9.17, 15) is 0 Å². The molecule has 1 saturated heterocycles. The maximum Gasteiger partial charge on any atom is 0.177 e. The van der Waals surface area contributed by atoms with Gasteiger partial charge in [0, 0.05) is 26.1 Å². The van der Waals surface area contributed by atoms with Gasteiger partial charge >= 0.3 is 0 Å². The highest BCUT2D eigenvalue weighted by atomic mass is 16.7. The van der Waals surface area contributed by atoms with Gasteiger partial charge in [-0.1, -0.05) is 6.42 Å². The lowest BCUT2D eigenvalue weighted by Gasteiger charge is -2.50. The van der Waals surface area contributed by atoms with Crippen molar-refractivity contribution in [2.75, 3.05) is 27.4 Å². The van der Waals surface area contributed by atoms with Gasteiger partial charge in [-0.2, -0.15) is 0 Å². The molecule has 2 fully saturated rings.